The van der Waals surface area contributed by atoms with Crippen LogP contribution in [0.3, 0.4) is 0 Å². The number of anilines is 1. The Morgan fingerprint density at radius 2 is 2.05 bits per heavy atom. The number of amides is 1. The van der Waals surface area contributed by atoms with E-state index in [1.54, 1.807) is 18.5 Å². The Hall–Kier alpha value is -1.58. The highest BCUT2D eigenvalue weighted by Gasteiger charge is 2.65. The maximum Gasteiger partial charge on any atom is 0.253 e. The third-order valence-electron chi connectivity index (χ3n) is 5.37. The van der Waals surface area contributed by atoms with Gasteiger partial charge in [-0.05, 0) is 49.0 Å². The molecule has 1 aromatic rings. The molecule has 4 rings (SSSR count). The second-order valence-corrected chi connectivity index (χ2v) is 6.16. The first kappa shape index (κ1) is 11.3. The molecule has 0 saturated heterocycles. The Labute approximate surface area is 113 Å². The minimum absolute atomic E-state index is 0.0468. The molecule has 1 heterocycles. The van der Waals surface area contributed by atoms with Crippen LogP contribution in [0.1, 0.15) is 29.6 Å². The predicted octanol–water partition coefficient (Wildman–Crippen LogP) is 1.90. The molecule has 4 heteroatoms. The lowest BCUT2D eigenvalue weighted by molar-refractivity contribution is 0.0945. The minimum Gasteiger partial charge on any atom is -0.386 e. The first-order valence-corrected chi connectivity index (χ1v) is 7.22. The van der Waals surface area contributed by atoms with Gasteiger partial charge in [-0.1, -0.05) is 0 Å². The maximum atomic E-state index is 12.4. The summed E-state index contributed by atoms with van der Waals surface area (Å²) in [4.78, 5) is 16.4. The van der Waals surface area contributed by atoms with Gasteiger partial charge in [0.2, 0.25) is 0 Å². The van der Waals surface area contributed by atoms with E-state index in [0.717, 1.165) is 29.4 Å². The number of rotatable bonds is 3. The Balaban J connectivity index is 1.48. The number of hydrogen-bond acceptors (Lipinski definition) is 3. The number of pyridine rings is 1. The third-order valence-corrected chi connectivity index (χ3v) is 5.37. The van der Waals surface area contributed by atoms with Gasteiger partial charge < -0.3 is 10.6 Å². The van der Waals surface area contributed by atoms with Gasteiger partial charge in [-0.15, -0.1) is 0 Å². The second-order valence-electron chi connectivity index (χ2n) is 6.16. The van der Waals surface area contributed by atoms with E-state index in [9.17, 15) is 4.79 Å². The summed E-state index contributed by atoms with van der Waals surface area (Å²) in [6.45, 7) is 0. The monoisotopic (exact) mass is 257 g/mol. The second kappa shape index (κ2) is 3.95. The number of nitrogens with one attached hydrogen (secondary N) is 2. The van der Waals surface area contributed by atoms with Crippen molar-refractivity contribution in [2.75, 3.05) is 12.4 Å². The van der Waals surface area contributed by atoms with Crippen LogP contribution in [0, 0.1) is 23.7 Å². The minimum atomic E-state index is 0.0468. The van der Waals surface area contributed by atoms with E-state index in [2.05, 4.69) is 15.6 Å². The molecule has 4 unspecified atom stereocenters. The van der Waals surface area contributed by atoms with Gasteiger partial charge in [-0.2, -0.15) is 0 Å². The zero-order chi connectivity index (χ0) is 13.0. The van der Waals surface area contributed by atoms with E-state index in [1.807, 2.05) is 7.05 Å². The third kappa shape index (κ3) is 1.58. The lowest BCUT2D eigenvalue weighted by Gasteiger charge is -2.12. The number of nitrogens with zero attached hydrogens (tertiary/aromatic N) is 1. The molecular formula is C15H19N3O. The van der Waals surface area contributed by atoms with E-state index in [1.165, 1.54) is 19.3 Å². The summed E-state index contributed by atoms with van der Waals surface area (Å²) < 4.78 is 0. The highest BCUT2D eigenvalue weighted by molar-refractivity contribution is 5.99. The normalized spacial score (nSPS) is 37.8. The van der Waals surface area contributed by atoms with Crippen LogP contribution >= 0.6 is 0 Å². The molecule has 2 bridgehead atoms. The zero-order valence-electron chi connectivity index (χ0n) is 11.1. The fraction of sp³-hybridized carbons (Fsp3) is 0.600. The van der Waals surface area contributed by atoms with Crippen LogP contribution < -0.4 is 10.6 Å². The van der Waals surface area contributed by atoms with Crippen molar-refractivity contribution in [3.63, 3.8) is 0 Å². The standard InChI is InChI=1S/C15H19N3O/c1-16-11-7-17-5-4-10(11)15(19)18-14-12-8-2-3-9(6-8)13(12)14/h4-5,7-9,12-14,16H,2-3,6H2,1H3,(H,18,19). The average Bonchev–Trinajstić information content (AvgIpc) is 2.85. The van der Waals surface area contributed by atoms with Crippen molar-refractivity contribution >= 4 is 11.6 Å². The van der Waals surface area contributed by atoms with E-state index in [4.69, 9.17) is 0 Å². The predicted molar refractivity (Wildman–Crippen MR) is 72.8 cm³/mol. The van der Waals surface area contributed by atoms with Crippen LogP contribution in [0.2, 0.25) is 0 Å². The van der Waals surface area contributed by atoms with Crippen LogP contribution in [0.5, 0.6) is 0 Å². The van der Waals surface area contributed by atoms with Gasteiger partial charge in [-0.3, -0.25) is 9.78 Å². The Kier molecular flexibility index (Phi) is 2.34. The van der Waals surface area contributed by atoms with Crippen molar-refractivity contribution in [1.29, 1.82) is 0 Å². The summed E-state index contributed by atoms with van der Waals surface area (Å²) in [6.07, 6.45) is 7.56. The SMILES string of the molecule is CNc1cnccc1C(=O)NC1C2C3CCC(C3)C12. The smallest absolute Gasteiger partial charge is 0.253 e. The van der Waals surface area contributed by atoms with Crippen molar-refractivity contribution in [3.8, 4) is 0 Å². The molecule has 19 heavy (non-hydrogen) atoms. The van der Waals surface area contributed by atoms with Gasteiger partial charge >= 0.3 is 0 Å². The van der Waals surface area contributed by atoms with Crippen molar-refractivity contribution in [3.05, 3.63) is 24.0 Å². The van der Waals surface area contributed by atoms with E-state index in [-0.39, 0.29) is 5.91 Å². The van der Waals surface area contributed by atoms with Crippen molar-refractivity contribution in [1.82, 2.24) is 10.3 Å². The number of carbonyl (C=O) groups excluding carboxylic acids is 1. The van der Waals surface area contributed by atoms with Crippen molar-refractivity contribution < 1.29 is 4.79 Å². The fourth-order valence-electron chi connectivity index (χ4n) is 4.54. The fourth-order valence-corrected chi connectivity index (χ4v) is 4.54. The molecule has 3 fully saturated rings. The largest absolute Gasteiger partial charge is 0.386 e. The molecule has 0 aromatic carbocycles. The topological polar surface area (TPSA) is 54.0 Å². The molecular weight excluding hydrogens is 238 g/mol. The molecule has 0 spiro atoms. The molecule has 4 nitrogen and oxygen atoms in total. The first-order valence-electron chi connectivity index (χ1n) is 7.22. The quantitative estimate of drug-likeness (QED) is 0.869. The van der Waals surface area contributed by atoms with Crippen LogP contribution in [0.25, 0.3) is 0 Å². The zero-order valence-corrected chi connectivity index (χ0v) is 11.1. The van der Waals surface area contributed by atoms with E-state index in [0.29, 0.717) is 11.6 Å². The van der Waals surface area contributed by atoms with Gasteiger partial charge in [0.1, 0.15) is 0 Å². The number of aromatic nitrogens is 1. The van der Waals surface area contributed by atoms with Gasteiger partial charge in [0.05, 0.1) is 17.4 Å². The highest BCUT2D eigenvalue weighted by atomic mass is 16.1. The van der Waals surface area contributed by atoms with Gasteiger partial charge in [-0.25, -0.2) is 0 Å². The summed E-state index contributed by atoms with van der Waals surface area (Å²) in [7, 11) is 1.82. The maximum absolute atomic E-state index is 12.4. The lowest BCUT2D eigenvalue weighted by atomic mass is 10.0. The molecule has 1 amide bonds. The summed E-state index contributed by atoms with van der Waals surface area (Å²) in [6, 6.07) is 2.23. The summed E-state index contributed by atoms with van der Waals surface area (Å²) in [5, 5.41) is 6.27. The van der Waals surface area contributed by atoms with Crippen LogP contribution in [-0.2, 0) is 0 Å². The van der Waals surface area contributed by atoms with Gasteiger partial charge in [0, 0.05) is 19.3 Å². The summed E-state index contributed by atoms with van der Waals surface area (Å²) >= 11 is 0. The number of carbonyl (C=O) groups is 1. The molecule has 0 radical (unpaired) electrons. The number of fused-ring (bicyclic) bond motifs is 5. The Morgan fingerprint density at radius 1 is 1.32 bits per heavy atom. The van der Waals surface area contributed by atoms with Crippen molar-refractivity contribution in [2.45, 2.75) is 25.3 Å². The molecule has 0 aliphatic heterocycles. The molecule has 2 N–H and O–H groups in total. The lowest BCUT2D eigenvalue weighted by Crippen LogP contribution is -2.30. The van der Waals surface area contributed by atoms with Crippen LogP contribution in [-0.4, -0.2) is 24.0 Å². The average molecular weight is 257 g/mol. The van der Waals surface area contributed by atoms with Crippen LogP contribution in [0.15, 0.2) is 18.5 Å². The Morgan fingerprint density at radius 3 is 2.74 bits per heavy atom. The van der Waals surface area contributed by atoms with E-state index >= 15 is 0 Å². The number of hydrogen-bond donors (Lipinski definition) is 2. The van der Waals surface area contributed by atoms with Crippen molar-refractivity contribution in [2.24, 2.45) is 23.7 Å². The highest BCUT2D eigenvalue weighted by Crippen LogP contribution is 2.65. The molecule has 1 aromatic heterocycles. The first-order chi connectivity index (χ1) is 9.29. The van der Waals surface area contributed by atoms with Gasteiger partial charge in [0.15, 0.2) is 0 Å². The molecule has 3 aliphatic rings. The summed E-state index contributed by atoms with van der Waals surface area (Å²) in [5.74, 6) is 3.39. The Bertz CT molecular complexity index is 514. The molecule has 3 saturated carbocycles. The van der Waals surface area contributed by atoms with Crippen LogP contribution in [0.4, 0.5) is 5.69 Å². The molecule has 100 valence electrons. The van der Waals surface area contributed by atoms with E-state index < -0.39 is 0 Å². The molecule has 3 aliphatic carbocycles. The summed E-state index contributed by atoms with van der Waals surface area (Å²) in [5.41, 5.74) is 1.50. The van der Waals surface area contributed by atoms with Gasteiger partial charge in [0.25, 0.3) is 5.91 Å². The molecule has 4 atom stereocenters.